The summed E-state index contributed by atoms with van der Waals surface area (Å²) in [5, 5.41) is 10.1. The Labute approximate surface area is 132 Å². The zero-order valence-corrected chi connectivity index (χ0v) is 12.7. The SMILES string of the molecule is CCCn1c2ccccc2n2c3ncccc3c(=O)c(C#N)c12. The molecule has 0 atom stereocenters. The van der Waals surface area contributed by atoms with Crippen LogP contribution in [0, 0.1) is 11.3 Å². The van der Waals surface area contributed by atoms with Gasteiger partial charge in [0.1, 0.15) is 22.9 Å². The lowest BCUT2D eigenvalue weighted by Gasteiger charge is -2.07. The number of nitrogens with zero attached hydrogens (tertiary/aromatic N) is 4. The van der Waals surface area contributed by atoms with E-state index in [2.05, 4.69) is 18.0 Å². The Morgan fingerprint density at radius 1 is 1.17 bits per heavy atom. The largest absolute Gasteiger partial charge is 0.324 e. The fraction of sp³-hybridized carbons (Fsp3) is 0.167. The molecule has 112 valence electrons. The molecule has 4 rings (SSSR count). The van der Waals surface area contributed by atoms with Gasteiger partial charge in [-0.1, -0.05) is 19.1 Å². The fourth-order valence-electron chi connectivity index (χ4n) is 3.23. The molecule has 0 spiro atoms. The molecule has 0 radical (unpaired) electrons. The molecule has 5 heteroatoms. The van der Waals surface area contributed by atoms with Gasteiger partial charge in [0, 0.05) is 12.7 Å². The van der Waals surface area contributed by atoms with Crippen molar-refractivity contribution in [3.05, 3.63) is 58.4 Å². The Morgan fingerprint density at radius 2 is 1.96 bits per heavy atom. The van der Waals surface area contributed by atoms with Crippen LogP contribution in [0.1, 0.15) is 18.9 Å². The van der Waals surface area contributed by atoms with E-state index in [0.29, 0.717) is 16.7 Å². The smallest absolute Gasteiger partial charge is 0.211 e. The molecule has 0 saturated heterocycles. The summed E-state index contributed by atoms with van der Waals surface area (Å²) in [5.74, 6) is 0. The molecular formula is C18H14N4O. The van der Waals surface area contributed by atoms with Crippen molar-refractivity contribution in [2.45, 2.75) is 19.9 Å². The molecule has 0 aliphatic heterocycles. The number of hydrogen-bond acceptors (Lipinski definition) is 3. The number of benzene rings is 1. The number of imidazole rings is 1. The Kier molecular flexibility index (Phi) is 2.91. The van der Waals surface area contributed by atoms with Gasteiger partial charge in [0.05, 0.1) is 16.4 Å². The number of nitriles is 1. The number of aryl methyl sites for hydroxylation is 1. The first-order valence-corrected chi connectivity index (χ1v) is 7.58. The van der Waals surface area contributed by atoms with Crippen molar-refractivity contribution < 1.29 is 0 Å². The van der Waals surface area contributed by atoms with Crippen molar-refractivity contribution in [3.8, 4) is 6.07 Å². The van der Waals surface area contributed by atoms with Crippen LogP contribution in [-0.4, -0.2) is 14.0 Å². The van der Waals surface area contributed by atoms with Gasteiger partial charge in [-0.05, 0) is 30.7 Å². The quantitative estimate of drug-likeness (QED) is 0.571. The highest BCUT2D eigenvalue weighted by molar-refractivity contribution is 5.91. The topological polar surface area (TPSA) is 63.1 Å². The third-order valence-corrected chi connectivity index (χ3v) is 4.13. The van der Waals surface area contributed by atoms with Crippen molar-refractivity contribution >= 4 is 27.7 Å². The lowest BCUT2D eigenvalue weighted by atomic mass is 10.2. The van der Waals surface area contributed by atoms with Gasteiger partial charge in [-0.2, -0.15) is 5.26 Å². The van der Waals surface area contributed by atoms with Gasteiger partial charge in [0.2, 0.25) is 5.43 Å². The van der Waals surface area contributed by atoms with Crippen LogP contribution >= 0.6 is 0 Å². The van der Waals surface area contributed by atoms with Crippen LogP contribution in [0.5, 0.6) is 0 Å². The summed E-state index contributed by atoms with van der Waals surface area (Å²) in [7, 11) is 0. The van der Waals surface area contributed by atoms with E-state index in [1.807, 2.05) is 33.2 Å². The minimum atomic E-state index is -0.254. The lowest BCUT2D eigenvalue weighted by Crippen LogP contribution is -2.13. The Hall–Kier alpha value is -3.13. The summed E-state index contributed by atoms with van der Waals surface area (Å²) < 4.78 is 3.98. The molecule has 0 aliphatic carbocycles. The molecule has 0 saturated carbocycles. The van der Waals surface area contributed by atoms with Gasteiger partial charge in [0.25, 0.3) is 0 Å². The molecule has 5 nitrogen and oxygen atoms in total. The first-order valence-electron chi connectivity index (χ1n) is 7.58. The molecule has 23 heavy (non-hydrogen) atoms. The van der Waals surface area contributed by atoms with Gasteiger partial charge in [-0.15, -0.1) is 0 Å². The third-order valence-electron chi connectivity index (χ3n) is 4.13. The van der Waals surface area contributed by atoms with E-state index in [-0.39, 0.29) is 11.0 Å². The monoisotopic (exact) mass is 302 g/mol. The van der Waals surface area contributed by atoms with Gasteiger partial charge in [0.15, 0.2) is 0 Å². The van der Waals surface area contributed by atoms with Crippen LogP contribution in [0.4, 0.5) is 0 Å². The van der Waals surface area contributed by atoms with E-state index >= 15 is 0 Å². The van der Waals surface area contributed by atoms with Crippen molar-refractivity contribution in [1.82, 2.24) is 14.0 Å². The molecule has 0 amide bonds. The van der Waals surface area contributed by atoms with Gasteiger partial charge in [-0.3, -0.25) is 9.20 Å². The number of aromatic nitrogens is 3. The summed E-state index contributed by atoms with van der Waals surface area (Å²) in [6.45, 7) is 2.82. The molecule has 3 heterocycles. The molecular weight excluding hydrogens is 288 g/mol. The van der Waals surface area contributed by atoms with E-state index in [9.17, 15) is 10.1 Å². The molecule has 0 fully saturated rings. The number of para-hydroxylation sites is 2. The zero-order valence-electron chi connectivity index (χ0n) is 12.7. The standard InChI is InChI=1S/C18H14N4O/c1-2-10-21-14-7-3-4-8-15(14)22-17-12(6-5-9-20-17)16(23)13(11-19)18(21)22/h3-9H,2,10H2,1H3. The second-order valence-electron chi connectivity index (χ2n) is 5.49. The number of pyridine rings is 2. The minimum Gasteiger partial charge on any atom is -0.324 e. The maximum Gasteiger partial charge on any atom is 0.211 e. The number of rotatable bonds is 2. The van der Waals surface area contributed by atoms with Crippen LogP contribution < -0.4 is 5.43 Å². The predicted octanol–water partition coefficient (Wildman–Crippen LogP) is 3.08. The van der Waals surface area contributed by atoms with Crippen LogP contribution in [0.2, 0.25) is 0 Å². The van der Waals surface area contributed by atoms with E-state index in [4.69, 9.17) is 0 Å². The zero-order chi connectivity index (χ0) is 16.0. The Balaban J connectivity index is 2.43. The van der Waals surface area contributed by atoms with Gasteiger partial charge >= 0.3 is 0 Å². The predicted molar refractivity (Wildman–Crippen MR) is 89.5 cm³/mol. The average molecular weight is 302 g/mol. The van der Waals surface area contributed by atoms with Crippen LogP contribution in [0.15, 0.2) is 47.4 Å². The Morgan fingerprint density at radius 3 is 2.70 bits per heavy atom. The van der Waals surface area contributed by atoms with Gasteiger partial charge < -0.3 is 4.57 Å². The summed E-state index contributed by atoms with van der Waals surface area (Å²) >= 11 is 0. The average Bonchev–Trinajstić information content (AvgIpc) is 2.91. The van der Waals surface area contributed by atoms with Crippen LogP contribution in [0.25, 0.3) is 27.7 Å². The van der Waals surface area contributed by atoms with Crippen molar-refractivity contribution in [2.75, 3.05) is 0 Å². The van der Waals surface area contributed by atoms with E-state index in [1.165, 1.54) is 0 Å². The van der Waals surface area contributed by atoms with Crippen molar-refractivity contribution in [1.29, 1.82) is 5.26 Å². The lowest BCUT2D eigenvalue weighted by molar-refractivity contribution is 0.717. The number of fused-ring (bicyclic) bond motifs is 5. The van der Waals surface area contributed by atoms with Gasteiger partial charge in [-0.25, -0.2) is 4.98 Å². The summed E-state index contributed by atoms with van der Waals surface area (Å²) in [4.78, 5) is 17.1. The first-order chi connectivity index (χ1) is 11.3. The van der Waals surface area contributed by atoms with Crippen LogP contribution in [-0.2, 0) is 6.54 Å². The molecule has 0 unspecified atom stereocenters. The molecule has 0 bridgehead atoms. The van der Waals surface area contributed by atoms with E-state index < -0.39 is 0 Å². The number of hydrogen-bond donors (Lipinski definition) is 0. The Bertz CT molecular complexity index is 1160. The normalized spacial score (nSPS) is 11.3. The van der Waals surface area contributed by atoms with Crippen LogP contribution in [0.3, 0.4) is 0 Å². The fourth-order valence-corrected chi connectivity index (χ4v) is 3.23. The minimum absolute atomic E-state index is 0.176. The van der Waals surface area contributed by atoms with Crippen molar-refractivity contribution in [2.24, 2.45) is 0 Å². The molecule has 3 aromatic heterocycles. The molecule has 1 aromatic carbocycles. The van der Waals surface area contributed by atoms with Crippen molar-refractivity contribution in [3.63, 3.8) is 0 Å². The maximum atomic E-state index is 12.7. The highest BCUT2D eigenvalue weighted by Gasteiger charge is 2.19. The highest BCUT2D eigenvalue weighted by atomic mass is 16.1. The second-order valence-corrected chi connectivity index (χ2v) is 5.49. The summed E-state index contributed by atoms with van der Waals surface area (Å²) in [5.41, 5.74) is 3.11. The van der Waals surface area contributed by atoms with E-state index in [1.54, 1.807) is 18.3 Å². The third kappa shape index (κ3) is 1.72. The maximum absolute atomic E-state index is 12.7. The molecule has 4 aromatic rings. The molecule has 0 aliphatic rings. The highest BCUT2D eigenvalue weighted by Crippen LogP contribution is 2.25. The summed E-state index contributed by atoms with van der Waals surface area (Å²) in [6, 6.07) is 13.5. The summed E-state index contributed by atoms with van der Waals surface area (Å²) in [6.07, 6.45) is 2.58. The second kappa shape index (κ2) is 4.96. The molecule has 0 N–H and O–H groups in total. The first kappa shape index (κ1) is 13.5. The van der Waals surface area contributed by atoms with E-state index in [0.717, 1.165) is 24.0 Å².